The van der Waals surface area contributed by atoms with Gasteiger partial charge in [-0.3, -0.25) is 0 Å². The molecule has 0 unspecified atom stereocenters. The number of primary sulfonamides is 1. The molecule has 0 aromatic carbocycles. The summed E-state index contributed by atoms with van der Waals surface area (Å²) < 4.78 is 58.2. The highest BCUT2D eigenvalue weighted by Gasteiger charge is 2.19. The summed E-state index contributed by atoms with van der Waals surface area (Å²) in [5.74, 6) is -1.39. The predicted molar refractivity (Wildman–Crippen MR) is 40.5 cm³/mol. The van der Waals surface area contributed by atoms with Crippen molar-refractivity contribution in [3.8, 4) is 0 Å². The molecule has 0 spiro atoms. The molecule has 2 N–H and O–H groups in total. The van der Waals surface area contributed by atoms with Crippen LogP contribution in [-0.2, 0) is 10.0 Å². The fourth-order valence-corrected chi connectivity index (χ4v) is 1.35. The first-order chi connectivity index (χ1) is 6.32. The molecule has 0 saturated heterocycles. The van der Waals surface area contributed by atoms with Gasteiger partial charge in [0.25, 0.3) is 6.43 Å². The lowest BCUT2D eigenvalue weighted by Gasteiger charge is -2.02. The molecule has 0 amide bonds. The molecule has 0 aliphatic heterocycles. The van der Waals surface area contributed by atoms with Crippen LogP contribution >= 0.6 is 0 Å². The lowest BCUT2D eigenvalue weighted by atomic mass is 10.3. The van der Waals surface area contributed by atoms with Crippen LogP contribution in [0.1, 0.15) is 12.0 Å². The van der Waals surface area contributed by atoms with E-state index >= 15 is 0 Å². The van der Waals surface area contributed by atoms with Crippen molar-refractivity contribution in [1.29, 1.82) is 0 Å². The Hall–Kier alpha value is -1.15. The van der Waals surface area contributed by atoms with Gasteiger partial charge in [0.15, 0.2) is 0 Å². The largest absolute Gasteiger partial charge is 0.265 e. The first-order valence-electron chi connectivity index (χ1n) is 3.29. The maximum Gasteiger partial charge on any atom is 0.265 e. The van der Waals surface area contributed by atoms with E-state index in [1.165, 1.54) is 0 Å². The first kappa shape index (κ1) is 10.9. The Morgan fingerprint density at radius 2 is 2.00 bits per heavy atom. The van der Waals surface area contributed by atoms with E-state index in [9.17, 15) is 21.6 Å². The van der Waals surface area contributed by atoms with Crippen LogP contribution in [0.3, 0.4) is 0 Å². The third-order valence-corrected chi connectivity index (χ3v) is 2.29. The zero-order valence-corrected chi connectivity index (χ0v) is 7.43. The summed E-state index contributed by atoms with van der Waals surface area (Å²) >= 11 is 0. The molecule has 8 heteroatoms. The SMILES string of the molecule is NS(=O)(=O)c1cc(C(F)F)cnc1F. The fraction of sp³-hybridized carbons (Fsp3) is 0.167. The van der Waals surface area contributed by atoms with Crippen LogP contribution in [0.5, 0.6) is 0 Å². The third kappa shape index (κ3) is 2.20. The highest BCUT2D eigenvalue weighted by molar-refractivity contribution is 7.89. The van der Waals surface area contributed by atoms with Crippen molar-refractivity contribution >= 4 is 10.0 Å². The number of hydrogen-bond acceptors (Lipinski definition) is 3. The van der Waals surface area contributed by atoms with Crippen molar-refractivity contribution in [2.75, 3.05) is 0 Å². The van der Waals surface area contributed by atoms with E-state index in [1.54, 1.807) is 0 Å². The fourth-order valence-electron chi connectivity index (χ4n) is 0.762. The number of nitrogens with two attached hydrogens (primary N) is 1. The second kappa shape index (κ2) is 3.54. The molecule has 0 aliphatic rings. The quantitative estimate of drug-likeness (QED) is 0.758. The minimum absolute atomic E-state index is 0.461. The summed E-state index contributed by atoms with van der Waals surface area (Å²) in [7, 11) is -4.36. The number of rotatable bonds is 2. The van der Waals surface area contributed by atoms with E-state index in [0.717, 1.165) is 0 Å². The van der Waals surface area contributed by atoms with Gasteiger partial charge in [0.2, 0.25) is 16.0 Å². The summed E-state index contributed by atoms with van der Waals surface area (Å²) in [5.41, 5.74) is -0.699. The van der Waals surface area contributed by atoms with Crippen molar-refractivity contribution in [2.45, 2.75) is 11.3 Å². The summed E-state index contributed by atoms with van der Waals surface area (Å²) in [6.07, 6.45) is -2.38. The Morgan fingerprint density at radius 1 is 1.43 bits per heavy atom. The number of hydrogen-bond donors (Lipinski definition) is 1. The standard InChI is InChI=1S/C6H5F3N2O2S/c7-5(8)3-1-4(14(10,12)13)6(9)11-2-3/h1-2,5H,(H2,10,12,13). The molecule has 78 valence electrons. The zero-order chi connectivity index (χ0) is 10.9. The smallest absolute Gasteiger partial charge is 0.227 e. The Labute approximate surface area is 77.6 Å². The first-order valence-corrected chi connectivity index (χ1v) is 4.83. The van der Waals surface area contributed by atoms with Gasteiger partial charge in [-0.15, -0.1) is 0 Å². The minimum atomic E-state index is -4.36. The Bertz CT molecular complexity index is 446. The van der Waals surface area contributed by atoms with Gasteiger partial charge in [-0.2, -0.15) is 4.39 Å². The van der Waals surface area contributed by atoms with Gasteiger partial charge < -0.3 is 0 Å². The zero-order valence-electron chi connectivity index (χ0n) is 6.62. The van der Waals surface area contributed by atoms with Crippen molar-refractivity contribution in [1.82, 2.24) is 4.98 Å². The molecule has 0 aliphatic carbocycles. The average Bonchev–Trinajstić information content (AvgIpc) is 2.02. The number of alkyl halides is 2. The number of sulfonamides is 1. The molecule has 0 atom stereocenters. The Kier molecular flexibility index (Phi) is 2.76. The number of aromatic nitrogens is 1. The summed E-state index contributed by atoms with van der Waals surface area (Å²) in [4.78, 5) is 1.83. The van der Waals surface area contributed by atoms with Crippen LogP contribution in [0.25, 0.3) is 0 Å². The molecule has 1 aromatic heterocycles. The van der Waals surface area contributed by atoms with Gasteiger partial charge in [0.1, 0.15) is 4.90 Å². The van der Waals surface area contributed by atoms with E-state index in [4.69, 9.17) is 0 Å². The van der Waals surface area contributed by atoms with Gasteiger partial charge in [-0.1, -0.05) is 0 Å². The highest BCUT2D eigenvalue weighted by atomic mass is 32.2. The lowest BCUT2D eigenvalue weighted by Crippen LogP contribution is -2.15. The lowest BCUT2D eigenvalue weighted by molar-refractivity contribution is 0.150. The van der Waals surface area contributed by atoms with Gasteiger partial charge >= 0.3 is 0 Å². The highest BCUT2D eigenvalue weighted by Crippen LogP contribution is 2.21. The van der Waals surface area contributed by atoms with Crippen LogP contribution in [0.4, 0.5) is 13.2 Å². The van der Waals surface area contributed by atoms with Gasteiger partial charge in [0.05, 0.1) is 0 Å². The maximum atomic E-state index is 12.7. The summed E-state index contributed by atoms with van der Waals surface area (Å²) in [6, 6.07) is 0.461. The number of pyridine rings is 1. The van der Waals surface area contributed by atoms with Crippen molar-refractivity contribution in [3.05, 3.63) is 23.8 Å². The van der Waals surface area contributed by atoms with E-state index in [0.29, 0.717) is 12.3 Å². The monoisotopic (exact) mass is 226 g/mol. The van der Waals surface area contributed by atoms with E-state index in [2.05, 4.69) is 10.1 Å². The Morgan fingerprint density at radius 3 is 2.43 bits per heavy atom. The van der Waals surface area contributed by atoms with Crippen molar-refractivity contribution < 1.29 is 21.6 Å². The summed E-state index contributed by atoms with van der Waals surface area (Å²) in [6.45, 7) is 0. The average molecular weight is 226 g/mol. The topological polar surface area (TPSA) is 73.1 Å². The molecule has 0 fully saturated rings. The van der Waals surface area contributed by atoms with Gasteiger partial charge in [0, 0.05) is 11.8 Å². The molecule has 1 aromatic rings. The summed E-state index contributed by atoms with van der Waals surface area (Å²) in [5, 5.41) is 4.57. The molecular weight excluding hydrogens is 221 g/mol. The van der Waals surface area contributed by atoms with E-state index in [1.807, 2.05) is 0 Å². The normalized spacial score (nSPS) is 12.1. The van der Waals surface area contributed by atoms with Gasteiger partial charge in [-0.25, -0.2) is 27.3 Å². The van der Waals surface area contributed by atoms with Crippen LogP contribution in [0.2, 0.25) is 0 Å². The third-order valence-electron chi connectivity index (χ3n) is 1.39. The molecular formula is C6H5F3N2O2S. The van der Waals surface area contributed by atoms with Crippen LogP contribution in [-0.4, -0.2) is 13.4 Å². The second-order valence-electron chi connectivity index (χ2n) is 2.40. The maximum absolute atomic E-state index is 12.7. The molecule has 4 nitrogen and oxygen atoms in total. The van der Waals surface area contributed by atoms with Crippen LogP contribution in [0, 0.1) is 5.95 Å². The molecule has 0 saturated carbocycles. The molecule has 0 radical (unpaired) electrons. The molecule has 1 rings (SSSR count). The molecule has 14 heavy (non-hydrogen) atoms. The number of halogens is 3. The van der Waals surface area contributed by atoms with Gasteiger partial charge in [-0.05, 0) is 6.07 Å². The van der Waals surface area contributed by atoms with Crippen molar-refractivity contribution in [3.63, 3.8) is 0 Å². The van der Waals surface area contributed by atoms with E-state index in [-0.39, 0.29) is 0 Å². The number of nitrogens with zero attached hydrogens (tertiary/aromatic N) is 1. The molecule has 1 heterocycles. The van der Waals surface area contributed by atoms with Crippen LogP contribution in [0.15, 0.2) is 17.2 Å². The molecule has 0 bridgehead atoms. The van der Waals surface area contributed by atoms with E-state index < -0.39 is 32.9 Å². The Balaban J connectivity index is 3.37. The second-order valence-corrected chi connectivity index (χ2v) is 3.93. The van der Waals surface area contributed by atoms with Crippen LogP contribution < -0.4 is 5.14 Å². The minimum Gasteiger partial charge on any atom is -0.227 e. The van der Waals surface area contributed by atoms with Crippen molar-refractivity contribution in [2.24, 2.45) is 5.14 Å². The predicted octanol–water partition coefficient (Wildman–Crippen LogP) is 0.806.